The van der Waals surface area contributed by atoms with Crippen LogP contribution in [0.1, 0.15) is 78.1 Å². The molecule has 0 aromatic heterocycles. The van der Waals surface area contributed by atoms with Gasteiger partial charge in [-0.15, -0.1) is 0 Å². The van der Waals surface area contributed by atoms with E-state index in [-0.39, 0.29) is 12.1 Å². The van der Waals surface area contributed by atoms with Crippen LogP contribution < -0.4 is 5.32 Å². The lowest BCUT2D eigenvalue weighted by molar-refractivity contribution is -0.143. The van der Waals surface area contributed by atoms with Crippen LogP contribution in [0.5, 0.6) is 0 Å². The summed E-state index contributed by atoms with van der Waals surface area (Å²) in [6.45, 7) is 5.50. The second kappa shape index (κ2) is 16.1. The summed E-state index contributed by atoms with van der Waals surface area (Å²) in [5.41, 5.74) is 0. The van der Waals surface area contributed by atoms with Gasteiger partial charge in [0, 0.05) is 13.0 Å². The minimum absolute atomic E-state index is 0.105. The van der Waals surface area contributed by atoms with Crippen molar-refractivity contribution in [1.82, 2.24) is 5.32 Å². The maximum Gasteiger partial charge on any atom is 0.407 e. The Kier molecular flexibility index (Phi) is 15.2. The third-order valence-corrected chi connectivity index (χ3v) is 3.36. The van der Waals surface area contributed by atoms with Gasteiger partial charge in [-0.2, -0.15) is 0 Å². The molecule has 0 aliphatic heterocycles. The Labute approximate surface area is 135 Å². The molecule has 1 N–H and O–H groups in total. The van der Waals surface area contributed by atoms with E-state index in [4.69, 9.17) is 9.47 Å². The predicted molar refractivity (Wildman–Crippen MR) is 87.8 cm³/mol. The first-order valence-corrected chi connectivity index (χ1v) is 8.77. The van der Waals surface area contributed by atoms with Gasteiger partial charge in [0.25, 0.3) is 0 Å². The van der Waals surface area contributed by atoms with Gasteiger partial charge in [-0.05, 0) is 26.2 Å². The lowest BCUT2D eigenvalue weighted by atomic mass is 10.1. The van der Waals surface area contributed by atoms with Crippen molar-refractivity contribution in [2.24, 2.45) is 0 Å². The smallest absolute Gasteiger partial charge is 0.407 e. The number of carbonyl (C=O) groups is 2. The molecule has 0 fully saturated rings. The monoisotopic (exact) mass is 315 g/mol. The fourth-order valence-electron chi connectivity index (χ4n) is 2.08. The SMILES string of the molecule is CCCCCCCCOC(=O)CCCCCNC(=O)OCC. The topological polar surface area (TPSA) is 64.6 Å². The van der Waals surface area contributed by atoms with Crippen molar-refractivity contribution in [2.45, 2.75) is 78.1 Å². The Hall–Kier alpha value is -1.26. The Bertz CT molecular complexity index is 282. The summed E-state index contributed by atoms with van der Waals surface area (Å²) in [5, 5.41) is 2.66. The van der Waals surface area contributed by atoms with Crippen LogP contribution in [0.25, 0.3) is 0 Å². The number of alkyl carbamates (subject to hydrolysis) is 1. The Morgan fingerprint density at radius 3 is 2.23 bits per heavy atom. The summed E-state index contributed by atoms with van der Waals surface area (Å²) in [6.07, 6.45) is 9.84. The van der Waals surface area contributed by atoms with Gasteiger partial charge in [-0.25, -0.2) is 4.79 Å². The van der Waals surface area contributed by atoms with E-state index in [1.807, 2.05) is 0 Å². The summed E-state index contributed by atoms with van der Waals surface area (Å²) in [5.74, 6) is -0.105. The highest BCUT2D eigenvalue weighted by Crippen LogP contribution is 2.06. The van der Waals surface area contributed by atoms with Gasteiger partial charge in [0.15, 0.2) is 0 Å². The first kappa shape index (κ1) is 20.7. The average Bonchev–Trinajstić information content (AvgIpc) is 2.50. The first-order chi connectivity index (χ1) is 10.7. The molecule has 0 aliphatic carbocycles. The maximum atomic E-state index is 11.5. The first-order valence-electron chi connectivity index (χ1n) is 8.77. The quantitative estimate of drug-likeness (QED) is 0.385. The van der Waals surface area contributed by atoms with Crippen molar-refractivity contribution in [1.29, 1.82) is 0 Å². The van der Waals surface area contributed by atoms with Crippen LogP contribution in [-0.2, 0) is 14.3 Å². The van der Waals surface area contributed by atoms with E-state index >= 15 is 0 Å². The van der Waals surface area contributed by atoms with E-state index < -0.39 is 0 Å². The van der Waals surface area contributed by atoms with E-state index in [1.54, 1.807) is 6.92 Å². The van der Waals surface area contributed by atoms with Gasteiger partial charge < -0.3 is 14.8 Å². The van der Waals surface area contributed by atoms with Gasteiger partial charge in [-0.3, -0.25) is 4.79 Å². The fourth-order valence-corrected chi connectivity index (χ4v) is 2.08. The minimum Gasteiger partial charge on any atom is -0.466 e. The molecular formula is C17H33NO4. The Morgan fingerprint density at radius 2 is 1.50 bits per heavy atom. The van der Waals surface area contributed by atoms with Crippen molar-refractivity contribution >= 4 is 12.1 Å². The van der Waals surface area contributed by atoms with E-state index in [9.17, 15) is 9.59 Å². The summed E-state index contributed by atoms with van der Waals surface area (Å²) < 4.78 is 9.94. The summed E-state index contributed by atoms with van der Waals surface area (Å²) >= 11 is 0. The molecule has 5 nitrogen and oxygen atoms in total. The van der Waals surface area contributed by atoms with Crippen LogP contribution in [-0.4, -0.2) is 31.8 Å². The zero-order valence-electron chi connectivity index (χ0n) is 14.3. The molecule has 0 saturated carbocycles. The number of hydrogen-bond donors (Lipinski definition) is 1. The third kappa shape index (κ3) is 15.1. The highest BCUT2D eigenvalue weighted by Gasteiger charge is 2.03. The zero-order valence-corrected chi connectivity index (χ0v) is 14.3. The van der Waals surface area contributed by atoms with E-state index in [2.05, 4.69) is 12.2 Å². The molecule has 5 heteroatoms. The van der Waals surface area contributed by atoms with Crippen LogP contribution in [0.3, 0.4) is 0 Å². The Morgan fingerprint density at radius 1 is 0.818 bits per heavy atom. The molecule has 0 heterocycles. The van der Waals surface area contributed by atoms with Crippen LogP contribution in [0, 0.1) is 0 Å². The van der Waals surface area contributed by atoms with Gasteiger partial charge in [0.05, 0.1) is 13.2 Å². The largest absolute Gasteiger partial charge is 0.466 e. The lowest BCUT2D eigenvalue weighted by Gasteiger charge is -2.06. The second-order valence-corrected chi connectivity index (χ2v) is 5.45. The predicted octanol–water partition coefficient (Wildman–Crippen LogP) is 4.20. The molecule has 0 spiro atoms. The molecule has 0 unspecified atom stereocenters. The normalized spacial score (nSPS) is 10.3. The van der Waals surface area contributed by atoms with Gasteiger partial charge in [-0.1, -0.05) is 45.4 Å². The molecule has 1 amide bonds. The highest BCUT2D eigenvalue weighted by molar-refractivity contribution is 5.69. The second-order valence-electron chi connectivity index (χ2n) is 5.45. The van der Waals surface area contributed by atoms with Crippen molar-refractivity contribution in [3.63, 3.8) is 0 Å². The number of rotatable bonds is 14. The van der Waals surface area contributed by atoms with Crippen LogP contribution in [0.2, 0.25) is 0 Å². The fraction of sp³-hybridized carbons (Fsp3) is 0.882. The van der Waals surface area contributed by atoms with Crippen molar-refractivity contribution in [3.8, 4) is 0 Å². The van der Waals surface area contributed by atoms with Crippen LogP contribution in [0.15, 0.2) is 0 Å². The average molecular weight is 315 g/mol. The number of amides is 1. The van der Waals surface area contributed by atoms with Crippen molar-refractivity contribution in [3.05, 3.63) is 0 Å². The maximum absolute atomic E-state index is 11.5. The molecule has 22 heavy (non-hydrogen) atoms. The molecular weight excluding hydrogens is 282 g/mol. The minimum atomic E-state index is -0.374. The van der Waals surface area contributed by atoms with Crippen LogP contribution >= 0.6 is 0 Å². The zero-order chi connectivity index (χ0) is 16.5. The van der Waals surface area contributed by atoms with Crippen molar-refractivity contribution in [2.75, 3.05) is 19.8 Å². The van der Waals surface area contributed by atoms with E-state index in [0.29, 0.717) is 26.2 Å². The number of unbranched alkanes of at least 4 members (excludes halogenated alkanes) is 7. The third-order valence-electron chi connectivity index (χ3n) is 3.36. The summed E-state index contributed by atoms with van der Waals surface area (Å²) in [7, 11) is 0. The van der Waals surface area contributed by atoms with E-state index in [1.165, 1.54) is 25.7 Å². The lowest BCUT2D eigenvalue weighted by Crippen LogP contribution is -2.25. The van der Waals surface area contributed by atoms with Gasteiger partial charge in [0.1, 0.15) is 0 Å². The number of esters is 1. The molecule has 130 valence electrons. The number of ether oxygens (including phenoxy) is 2. The Balaban J connectivity index is 3.24. The highest BCUT2D eigenvalue weighted by atomic mass is 16.5. The number of carbonyl (C=O) groups excluding carboxylic acids is 2. The molecule has 0 radical (unpaired) electrons. The molecule has 0 aromatic carbocycles. The molecule has 0 atom stereocenters. The number of hydrogen-bond acceptors (Lipinski definition) is 4. The van der Waals surface area contributed by atoms with Gasteiger partial charge in [0.2, 0.25) is 0 Å². The molecule has 0 bridgehead atoms. The van der Waals surface area contributed by atoms with E-state index in [0.717, 1.165) is 32.1 Å². The number of nitrogens with one attached hydrogen (secondary N) is 1. The van der Waals surface area contributed by atoms with Gasteiger partial charge >= 0.3 is 12.1 Å². The van der Waals surface area contributed by atoms with Crippen molar-refractivity contribution < 1.29 is 19.1 Å². The molecule has 0 aliphatic rings. The standard InChI is InChI=1S/C17H33NO4/c1-3-5-6-7-8-12-15-22-16(19)13-10-9-11-14-18-17(20)21-4-2/h3-15H2,1-2H3,(H,18,20). The molecule has 0 rings (SSSR count). The summed E-state index contributed by atoms with van der Waals surface area (Å²) in [4.78, 5) is 22.5. The van der Waals surface area contributed by atoms with Crippen LogP contribution in [0.4, 0.5) is 4.79 Å². The molecule has 0 saturated heterocycles. The molecule has 0 aromatic rings. The summed E-state index contributed by atoms with van der Waals surface area (Å²) in [6, 6.07) is 0.